The Morgan fingerprint density at radius 3 is 1.39 bits per heavy atom. The second-order valence-corrected chi connectivity index (χ2v) is 14.1. The van der Waals surface area contributed by atoms with Gasteiger partial charge in [-0.05, 0) is 81.9 Å². The molecule has 0 bridgehead atoms. The Balaban J connectivity index is 1.13. The number of rotatable bonds is 8. The molecule has 0 spiro atoms. The minimum absolute atomic E-state index is 1.09. The average molecular weight is 715 g/mol. The number of para-hydroxylation sites is 3. The third kappa shape index (κ3) is 6.04. The van der Waals surface area contributed by atoms with Crippen molar-refractivity contribution in [2.75, 3.05) is 4.90 Å². The number of nitrogens with zero attached hydrogens (tertiary/aromatic N) is 2. The molecule has 0 saturated heterocycles. The molecule has 0 radical (unpaired) electrons. The normalized spacial score (nSPS) is 11.2. The van der Waals surface area contributed by atoms with Crippen LogP contribution in [0, 0.1) is 0 Å². The van der Waals surface area contributed by atoms with Crippen LogP contribution >= 0.6 is 0 Å². The number of aromatic nitrogens is 1. The average Bonchev–Trinajstić information content (AvgIpc) is 3.62. The van der Waals surface area contributed by atoms with Crippen molar-refractivity contribution in [3.8, 4) is 50.2 Å². The van der Waals surface area contributed by atoms with E-state index in [0.717, 1.165) is 28.3 Å². The lowest BCUT2D eigenvalue weighted by Gasteiger charge is -2.27. The molecule has 1 heterocycles. The van der Waals surface area contributed by atoms with Gasteiger partial charge in [0, 0.05) is 39.0 Å². The number of anilines is 3. The van der Waals surface area contributed by atoms with Crippen LogP contribution in [0.2, 0.25) is 0 Å². The highest BCUT2D eigenvalue weighted by Gasteiger charge is 2.20. The number of fused-ring (bicyclic) bond motifs is 3. The van der Waals surface area contributed by atoms with Crippen LogP contribution < -0.4 is 4.90 Å². The van der Waals surface area contributed by atoms with Gasteiger partial charge in [-0.25, -0.2) is 0 Å². The topological polar surface area (TPSA) is 8.17 Å². The van der Waals surface area contributed by atoms with Crippen molar-refractivity contribution in [2.24, 2.45) is 0 Å². The first kappa shape index (κ1) is 33.2. The van der Waals surface area contributed by atoms with Gasteiger partial charge in [0.15, 0.2) is 0 Å². The molecule has 0 fully saturated rings. The quantitative estimate of drug-likeness (QED) is 0.152. The maximum absolute atomic E-state index is 2.47. The van der Waals surface area contributed by atoms with Crippen molar-refractivity contribution >= 4 is 38.9 Å². The summed E-state index contributed by atoms with van der Waals surface area (Å²) in [5.74, 6) is 0. The molecule has 0 aliphatic carbocycles. The maximum Gasteiger partial charge on any atom is 0.0619 e. The summed E-state index contributed by atoms with van der Waals surface area (Å²) in [4.78, 5) is 2.36. The molecule has 10 aromatic rings. The first-order chi connectivity index (χ1) is 27.8. The number of hydrogen-bond acceptors (Lipinski definition) is 1. The zero-order valence-electron chi connectivity index (χ0n) is 30.8. The summed E-state index contributed by atoms with van der Waals surface area (Å²) in [7, 11) is 0. The predicted molar refractivity (Wildman–Crippen MR) is 237 cm³/mol. The zero-order chi connectivity index (χ0) is 37.3. The van der Waals surface area contributed by atoms with Crippen molar-refractivity contribution in [1.29, 1.82) is 0 Å². The van der Waals surface area contributed by atoms with E-state index in [9.17, 15) is 0 Å². The third-order valence-electron chi connectivity index (χ3n) is 10.8. The van der Waals surface area contributed by atoms with Gasteiger partial charge in [-0.15, -0.1) is 0 Å². The summed E-state index contributed by atoms with van der Waals surface area (Å²) < 4.78 is 2.47. The highest BCUT2D eigenvalue weighted by molar-refractivity contribution is 6.14. The maximum atomic E-state index is 2.47. The van der Waals surface area contributed by atoms with E-state index < -0.39 is 0 Å². The monoisotopic (exact) mass is 714 g/mol. The van der Waals surface area contributed by atoms with Crippen LogP contribution in [0.15, 0.2) is 231 Å². The van der Waals surface area contributed by atoms with Crippen molar-refractivity contribution in [3.05, 3.63) is 231 Å². The summed E-state index contributed by atoms with van der Waals surface area (Å²) in [5, 5.41) is 2.49. The second kappa shape index (κ2) is 14.4. The van der Waals surface area contributed by atoms with E-state index in [2.05, 4.69) is 240 Å². The van der Waals surface area contributed by atoms with Gasteiger partial charge in [-0.2, -0.15) is 0 Å². The molecule has 0 amide bonds. The summed E-state index contributed by atoms with van der Waals surface area (Å²) in [6.07, 6.45) is 0. The van der Waals surface area contributed by atoms with Crippen LogP contribution in [0.3, 0.4) is 0 Å². The van der Waals surface area contributed by atoms with Gasteiger partial charge in [0.1, 0.15) is 0 Å². The molecule has 9 aromatic carbocycles. The van der Waals surface area contributed by atoms with Gasteiger partial charge in [-0.1, -0.05) is 182 Å². The second-order valence-electron chi connectivity index (χ2n) is 14.1. The summed E-state index contributed by atoms with van der Waals surface area (Å²) in [6, 6.07) is 83.0. The Labute approximate surface area is 327 Å². The SMILES string of the molecule is c1ccc(-c2ccc(N(c3ccc(-c4ccccc4)cc3)c3cccc(-c4ccccc4-n4c5ccccc5c5cccc(-c6ccccc6)c54)c3)cc2)cc1. The Morgan fingerprint density at radius 1 is 0.286 bits per heavy atom. The lowest BCUT2D eigenvalue weighted by Crippen LogP contribution is -2.10. The van der Waals surface area contributed by atoms with Crippen molar-refractivity contribution < 1.29 is 0 Å². The standard InChI is InChI=1S/C54H38N2/c1-4-16-39(17-5-1)41-30-34-45(35-31-41)55(46-36-32-42(33-37-46)40-18-6-2-7-19-40)47-23-14-22-44(38-47)48-24-10-12-28-52(48)56-53-29-13-11-25-50(53)51-27-15-26-49(54(51)56)43-20-8-3-9-21-43/h1-38H. The van der Waals surface area contributed by atoms with Crippen LogP contribution in [0.5, 0.6) is 0 Å². The predicted octanol–water partition coefficient (Wildman–Crippen LogP) is 14.9. The fourth-order valence-electron chi connectivity index (χ4n) is 8.16. The van der Waals surface area contributed by atoms with E-state index in [4.69, 9.17) is 0 Å². The lowest BCUT2D eigenvalue weighted by atomic mass is 10.00. The Bertz CT molecular complexity index is 2840. The summed E-state index contributed by atoms with van der Waals surface area (Å²) in [6.45, 7) is 0. The van der Waals surface area contributed by atoms with Crippen LogP contribution in [0.25, 0.3) is 72.0 Å². The van der Waals surface area contributed by atoms with Crippen LogP contribution in [0.1, 0.15) is 0 Å². The van der Waals surface area contributed by atoms with E-state index in [1.54, 1.807) is 0 Å². The minimum atomic E-state index is 1.09. The largest absolute Gasteiger partial charge is 0.310 e. The molecule has 0 aliphatic heterocycles. The van der Waals surface area contributed by atoms with Crippen LogP contribution in [-0.4, -0.2) is 4.57 Å². The molecule has 1 aromatic heterocycles. The molecule has 2 heteroatoms. The van der Waals surface area contributed by atoms with Gasteiger partial charge >= 0.3 is 0 Å². The van der Waals surface area contributed by atoms with Crippen molar-refractivity contribution in [1.82, 2.24) is 4.57 Å². The van der Waals surface area contributed by atoms with Gasteiger partial charge in [0.05, 0.1) is 16.7 Å². The highest BCUT2D eigenvalue weighted by atomic mass is 15.1. The van der Waals surface area contributed by atoms with Crippen molar-refractivity contribution in [3.63, 3.8) is 0 Å². The van der Waals surface area contributed by atoms with Crippen LogP contribution in [0.4, 0.5) is 17.1 Å². The van der Waals surface area contributed by atoms with Gasteiger partial charge in [0.2, 0.25) is 0 Å². The lowest BCUT2D eigenvalue weighted by molar-refractivity contribution is 1.18. The van der Waals surface area contributed by atoms with E-state index in [1.165, 1.54) is 60.8 Å². The third-order valence-corrected chi connectivity index (χ3v) is 10.8. The first-order valence-corrected chi connectivity index (χ1v) is 19.2. The minimum Gasteiger partial charge on any atom is -0.310 e. The van der Waals surface area contributed by atoms with Crippen molar-refractivity contribution in [2.45, 2.75) is 0 Å². The molecule has 56 heavy (non-hydrogen) atoms. The fourth-order valence-corrected chi connectivity index (χ4v) is 8.16. The van der Waals surface area contributed by atoms with Crippen LogP contribution in [-0.2, 0) is 0 Å². The Morgan fingerprint density at radius 2 is 0.750 bits per heavy atom. The molecule has 0 atom stereocenters. The number of benzene rings is 9. The molecular weight excluding hydrogens is 677 g/mol. The summed E-state index contributed by atoms with van der Waals surface area (Å²) in [5.41, 5.74) is 16.3. The smallest absolute Gasteiger partial charge is 0.0619 e. The molecule has 0 saturated carbocycles. The summed E-state index contributed by atoms with van der Waals surface area (Å²) >= 11 is 0. The highest BCUT2D eigenvalue weighted by Crippen LogP contribution is 2.42. The molecule has 0 aliphatic rings. The van der Waals surface area contributed by atoms with Gasteiger partial charge < -0.3 is 9.47 Å². The molecule has 0 unspecified atom stereocenters. The molecular formula is C54H38N2. The molecule has 2 nitrogen and oxygen atoms in total. The van der Waals surface area contributed by atoms with E-state index in [-0.39, 0.29) is 0 Å². The zero-order valence-corrected chi connectivity index (χ0v) is 30.8. The van der Waals surface area contributed by atoms with Gasteiger partial charge in [-0.3, -0.25) is 0 Å². The van der Waals surface area contributed by atoms with E-state index >= 15 is 0 Å². The van der Waals surface area contributed by atoms with E-state index in [0.29, 0.717) is 0 Å². The van der Waals surface area contributed by atoms with Gasteiger partial charge in [0.25, 0.3) is 0 Å². The Kier molecular flexibility index (Phi) is 8.55. The number of hydrogen-bond donors (Lipinski definition) is 0. The first-order valence-electron chi connectivity index (χ1n) is 19.2. The molecule has 10 rings (SSSR count). The molecule has 264 valence electrons. The van der Waals surface area contributed by atoms with E-state index in [1.807, 2.05) is 0 Å². The Hall–Kier alpha value is -7.42. The fraction of sp³-hybridized carbons (Fsp3) is 0. The molecule has 0 N–H and O–H groups in total.